The van der Waals surface area contributed by atoms with Gasteiger partial charge in [-0.2, -0.15) is 24.5 Å². The number of halogens is 3. The van der Waals surface area contributed by atoms with Crippen LogP contribution in [-0.2, 0) is 6.54 Å². The highest BCUT2D eigenvalue weighted by Crippen LogP contribution is 2.19. The number of hydrogen-bond donors (Lipinski definition) is 1. The van der Waals surface area contributed by atoms with Gasteiger partial charge < -0.3 is 10.2 Å². The number of hydrogen-bond acceptors (Lipinski definition) is 2. The summed E-state index contributed by atoms with van der Waals surface area (Å²) in [5.74, 6) is 0. The lowest BCUT2D eigenvalue weighted by molar-refractivity contribution is -0.140. The number of amides is 2. The third-order valence-corrected chi connectivity index (χ3v) is 2.67. The van der Waals surface area contributed by atoms with Gasteiger partial charge in [0.15, 0.2) is 0 Å². The van der Waals surface area contributed by atoms with E-state index in [1.165, 1.54) is 11.3 Å². The topological polar surface area (TPSA) is 32.3 Å². The van der Waals surface area contributed by atoms with E-state index in [9.17, 15) is 18.0 Å². The van der Waals surface area contributed by atoms with Gasteiger partial charge in [-0.3, -0.25) is 0 Å². The van der Waals surface area contributed by atoms with Crippen molar-refractivity contribution in [3.05, 3.63) is 22.4 Å². The zero-order chi connectivity index (χ0) is 12.9. The number of alkyl halides is 3. The lowest BCUT2D eigenvalue weighted by Crippen LogP contribution is -2.44. The molecular formula is C10H13F3N2OS. The normalized spacial score (nSPS) is 11.3. The van der Waals surface area contributed by atoms with Crippen LogP contribution in [0.5, 0.6) is 0 Å². The minimum atomic E-state index is -4.39. The van der Waals surface area contributed by atoms with Crippen molar-refractivity contribution in [1.29, 1.82) is 0 Å². The van der Waals surface area contributed by atoms with Crippen molar-refractivity contribution in [2.24, 2.45) is 0 Å². The Morgan fingerprint density at radius 3 is 2.71 bits per heavy atom. The molecule has 0 spiro atoms. The molecule has 3 nitrogen and oxygen atoms in total. The largest absolute Gasteiger partial charge is 0.406 e. The second-order valence-electron chi connectivity index (χ2n) is 3.44. The Kier molecular flexibility index (Phi) is 4.80. The van der Waals surface area contributed by atoms with Gasteiger partial charge in [0.2, 0.25) is 0 Å². The molecule has 1 aromatic rings. The van der Waals surface area contributed by atoms with Gasteiger partial charge >= 0.3 is 12.2 Å². The quantitative estimate of drug-likeness (QED) is 0.893. The van der Waals surface area contributed by atoms with Crippen molar-refractivity contribution in [2.75, 3.05) is 13.1 Å². The fourth-order valence-electron chi connectivity index (χ4n) is 1.28. The van der Waals surface area contributed by atoms with E-state index in [0.29, 0.717) is 12.1 Å². The average molecular weight is 266 g/mol. The molecule has 0 aliphatic rings. The first-order valence-electron chi connectivity index (χ1n) is 5.03. The predicted octanol–water partition coefficient (Wildman–Crippen LogP) is 2.84. The summed E-state index contributed by atoms with van der Waals surface area (Å²) in [6.45, 7) is 0.689. The number of nitrogens with one attached hydrogen (secondary N) is 1. The summed E-state index contributed by atoms with van der Waals surface area (Å²) in [4.78, 5) is 12.2. The van der Waals surface area contributed by atoms with Crippen molar-refractivity contribution in [1.82, 2.24) is 10.2 Å². The third kappa shape index (κ3) is 5.08. The molecule has 1 aromatic heterocycles. The van der Waals surface area contributed by atoms with Gasteiger partial charge in [-0.1, -0.05) is 0 Å². The monoisotopic (exact) mass is 266 g/mol. The van der Waals surface area contributed by atoms with Crippen molar-refractivity contribution in [2.45, 2.75) is 19.6 Å². The summed E-state index contributed by atoms with van der Waals surface area (Å²) in [5, 5.41) is 5.86. The maximum Gasteiger partial charge on any atom is 0.406 e. The second-order valence-corrected chi connectivity index (χ2v) is 4.22. The molecule has 1 heterocycles. The van der Waals surface area contributed by atoms with Crippen molar-refractivity contribution in [3.8, 4) is 0 Å². The predicted molar refractivity (Wildman–Crippen MR) is 59.9 cm³/mol. The van der Waals surface area contributed by atoms with E-state index < -0.39 is 18.8 Å². The van der Waals surface area contributed by atoms with Gasteiger partial charge in [0.05, 0.1) is 0 Å². The lowest BCUT2D eigenvalue weighted by Gasteiger charge is -2.23. The molecule has 17 heavy (non-hydrogen) atoms. The Balaban J connectivity index is 2.68. The zero-order valence-electron chi connectivity index (χ0n) is 9.25. The van der Waals surface area contributed by atoms with Crippen LogP contribution in [0.1, 0.15) is 12.5 Å². The zero-order valence-corrected chi connectivity index (χ0v) is 10.1. The number of thiophene rings is 1. The molecule has 0 atom stereocenters. The van der Waals surface area contributed by atoms with E-state index in [1.807, 2.05) is 0 Å². The molecule has 0 aliphatic heterocycles. The molecule has 0 unspecified atom stereocenters. The number of rotatable bonds is 4. The van der Waals surface area contributed by atoms with Crippen LogP contribution in [0.25, 0.3) is 0 Å². The molecule has 7 heteroatoms. The van der Waals surface area contributed by atoms with Crippen LogP contribution in [0.4, 0.5) is 18.0 Å². The summed E-state index contributed by atoms with van der Waals surface area (Å²) in [7, 11) is 0. The molecule has 0 aliphatic carbocycles. The van der Waals surface area contributed by atoms with Gasteiger partial charge in [0, 0.05) is 13.1 Å². The van der Waals surface area contributed by atoms with Crippen LogP contribution in [0, 0.1) is 0 Å². The molecule has 0 radical (unpaired) electrons. The second kappa shape index (κ2) is 5.90. The van der Waals surface area contributed by atoms with Crippen LogP contribution in [-0.4, -0.2) is 30.2 Å². The fraction of sp³-hybridized carbons (Fsp3) is 0.500. The van der Waals surface area contributed by atoms with Crippen LogP contribution in [0.2, 0.25) is 0 Å². The molecular weight excluding hydrogens is 253 g/mol. The maximum absolute atomic E-state index is 12.3. The third-order valence-electron chi connectivity index (χ3n) is 1.94. The van der Waals surface area contributed by atoms with Crippen LogP contribution in [0.15, 0.2) is 16.8 Å². The SMILES string of the molecule is CCNC(=O)N(Cc1ccsc1)CC(F)(F)F. The molecule has 2 amide bonds. The van der Waals surface area contributed by atoms with E-state index >= 15 is 0 Å². The molecule has 96 valence electrons. The van der Waals surface area contributed by atoms with E-state index in [4.69, 9.17) is 0 Å². The number of nitrogens with zero attached hydrogens (tertiary/aromatic N) is 1. The van der Waals surface area contributed by atoms with Gasteiger partial charge in [0.1, 0.15) is 6.54 Å². The summed E-state index contributed by atoms with van der Waals surface area (Å²) < 4.78 is 36.9. The molecule has 0 aromatic carbocycles. The van der Waals surface area contributed by atoms with Crippen molar-refractivity contribution in [3.63, 3.8) is 0 Å². The summed E-state index contributed by atoms with van der Waals surface area (Å²) in [5.41, 5.74) is 0.700. The Bertz CT molecular complexity index is 351. The van der Waals surface area contributed by atoms with Gasteiger partial charge in [-0.15, -0.1) is 0 Å². The highest BCUT2D eigenvalue weighted by molar-refractivity contribution is 7.07. The summed E-state index contributed by atoms with van der Waals surface area (Å²) >= 11 is 1.39. The molecule has 0 fully saturated rings. The van der Waals surface area contributed by atoms with Crippen LogP contribution < -0.4 is 5.32 Å². The smallest absolute Gasteiger partial charge is 0.338 e. The van der Waals surface area contributed by atoms with E-state index in [-0.39, 0.29) is 6.54 Å². The first-order valence-corrected chi connectivity index (χ1v) is 5.97. The Labute approximate surface area is 101 Å². The molecule has 1 rings (SSSR count). The minimum absolute atomic E-state index is 0.0329. The Morgan fingerprint density at radius 1 is 1.53 bits per heavy atom. The van der Waals surface area contributed by atoms with E-state index in [1.54, 1.807) is 23.8 Å². The van der Waals surface area contributed by atoms with Crippen LogP contribution >= 0.6 is 11.3 Å². The summed E-state index contributed by atoms with van der Waals surface area (Å²) in [6, 6.07) is 1.00. The molecule has 0 saturated heterocycles. The average Bonchev–Trinajstić information content (AvgIpc) is 2.67. The lowest BCUT2D eigenvalue weighted by atomic mass is 10.3. The van der Waals surface area contributed by atoms with Crippen molar-refractivity contribution >= 4 is 17.4 Å². The number of urea groups is 1. The van der Waals surface area contributed by atoms with E-state index in [0.717, 1.165) is 4.90 Å². The number of carbonyl (C=O) groups excluding carboxylic acids is 1. The molecule has 0 saturated carbocycles. The first kappa shape index (κ1) is 13.8. The van der Waals surface area contributed by atoms with Gasteiger partial charge in [0.25, 0.3) is 0 Å². The number of carbonyl (C=O) groups is 1. The minimum Gasteiger partial charge on any atom is -0.338 e. The van der Waals surface area contributed by atoms with E-state index in [2.05, 4.69) is 5.32 Å². The van der Waals surface area contributed by atoms with Gasteiger partial charge in [-0.05, 0) is 29.3 Å². The van der Waals surface area contributed by atoms with Crippen LogP contribution in [0.3, 0.4) is 0 Å². The highest BCUT2D eigenvalue weighted by atomic mass is 32.1. The first-order chi connectivity index (χ1) is 7.92. The fourth-order valence-corrected chi connectivity index (χ4v) is 1.94. The Morgan fingerprint density at radius 2 is 2.24 bits per heavy atom. The maximum atomic E-state index is 12.3. The summed E-state index contributed by atoms with van der Waals surface area (Å²) in [6.07, 6.45) is -4.39. The van der Waals surface area contributed by atoms with Crippen molar-refractivity contribution < 1.29 is 18.0 Å². The molecule has 1 N–H and O–H groups in total. The van der Waals surface area contributed by atoms with Gasteiger partial charge in [-0.25, -0.2) is 4.79 Å². The molecule has 0 bridgehead atoms. The highest BCUT2D eigenvalue weighted by Gasteiger charge is 2.32. The Hall–Kier alpha value is -1.24. The standard InChI is InChI=1S/C10H13F3N2OS/c1-2-14-9(16)15(7-10(11,12)13)5-8-3-4-17-6-8/h3-4,6H,2,5,7H2,1H3,(H,14,16).